The van der Waals surface area contributed by atoms with E-state index in [4.69, 9.17) is 9.47 Å². The predicted molar refractivity (Wildman–Crippen MR) is 122 cm³/mol. The van der Waals surface area contributed by atoms with Crippen LogP contribution in [0.25, 0.3) is 5.57 Å². The van der Waals surface area contributed by atoms with Crippen LogP contribution in [0.1, 0.15) is 37.0 Å². The minimum Gasteiger partial charge on any atom is -0.496 e. The highest BCUT2D eigenvalue weighted by molar-refractivity contribution is 6.37. The number of anilines is 1. The highest BCUT2D eigenvalue weighted by atomic mass is 16.5. The van der Waals surface area contributed by atoms with E-state index in [0.717, 1.165) is 16.8 Å². The molecule has 0 fully saturated rings. The molecule has 0 bridgehead atoms. The van der Waals surface area contributed by atoms with E-state index in [0.29, 0.717) is 36.5 Å². The third kappa shape index (κ3) is 4.97. The molecule has 2 aromatic carbocycles. The molecular formula is C25H30N2O4. The van der Waals surface area contributed by atoms with Crippen LogP contribution in [0, 0.1) is 13.8 Å². The lowest BCUT2D eigenvalue weighted by Gasteiger charge is -2.16. The fourth-order valence-electron chi connectivity index (χ4n) is 3.54. The Labute approximate surface area is 183 Å². The van der Waals surface area contributed by atoms with Crippen molar-refractivity contribution in [3.05, 3.63) is 64.9 Å². The Hall–Kier alpha value is -3.12. The van der Waals surface area contributed by atoms with Gasteiger partial charge in [0.15, 0.2) is 0 Å². The van der Waals surface area contributed by atoms with Crippen LogP contribution in [0.3, 0.4) is 0 Å². The number of para-hydroxylation sites is 1. The first kappa shape index (κ1) is 22.6. The standard InChI is InChI=1S/C25H30N2O4/c1-16(2)31-14-8-13-27-24(28)22(19-9-6-7-10-21(19)30-5)23(25(27)29)26-20-15-17(3)11-12-18(20)4/h6-7,9-12,15-16,26H,8,13-14H2,1-5H3. The summed E-state index contributed by atoms with van der Waals surface area (Å²) in [6.45, 7) is 8.65. The molecule has 0 spiro atoms. The number of rotatable bonds is 9. The summed E-state index contributed by atoms with van der Waals surface area (Å²) in [7, 11) is 1.56. The molecule has 1 aliphatic rings. The van der Waals surface area contributed by atoms with Crippen LogP contribution < -0.4 is 10.1 Å². The van der Waals surface area contributed by atoms with Crippen LogP contribution in [0.2, 0.25) is 0 Å². The van der Waals surface area contributed by atoms with Crippen LogP contribution in [-0.4, -0.2) is 43.1 Å². The molecule has 1 aliphatic heterocycles. The largest absolute Gasteiger partial charge is 0.496 e. The quantitative estimate of drug-likeness (QED) is 0.482. The molecule has 2 amide bonds. The number of carbonyl (C=O) groups excluding carboxylic acids is 2. The van der Waals surface area contributed by atoms with Crippen molar-refractivity contribution in [2.24, 2.45) is 0 Å². The van der Waals surface area contributed by atoms with Crippen molar-refractivity contribution in [2.45, 2.75) is 40.2 Å². The molecule has 0 aliphatic carbocycles. The van der Waals surface area contributed by atoms with Gasteiger partial charge in [-0.15, -0.1) is 0 Å². The smallest absolute Gasteiger partial charge is 0.278 e. The number of nitrogens with zero attached hydrogens (tertiary/aromatic N) is 1. The van der Waals surface area contributed by atoms with E-state index in [2.05, 4.69) is 5.32 Å². The summed E-state index contributed by atoms with van der Waals surface area (Å²) in [6.07, 6.45) is 0.680. The second-order valence-electron chi connectivity index (χ2n) is 7.93. The number of imide groups is 1. The minimum atomic E-state index is -0.337. The predicted octanol–water partition coefficient (Wildman–Crippen LogP) is 4.32. The van der Waals surface area contributed by atoms with Crippen LogP contribution in [-0.2, 0) is 14.3 Å². The van der Waals surface area contributed by atoms with Gasteiger partial charge in [-0.25, -0.2) is 0 Å². The molecule has 0 saturated carbocycles. The van der Waals surface area contributed by atoms with Crippen molar-refractivity contribution in [3.8, 4) is 5.75 Å². The molecule has 0 saturated heterocycles. The highest BCUT2D eigenvalue weighted by Crippen LogP contribution is 2.35. The zero-order valence-electron chi connectivity index (χ0n) is 18.8. The average molecular weight is 423 g/mol. The first-order valence-electron chi connectivity index (χ1n) is 10.5. The Morgan fingerprint density at radius 2 is 1.77 bits per heavy atom. The molecule has 0 radical (unpaired) electrons. The molecule has 6 heteroatoms. The van der Waals surface area contributed by atoms with E-state index in [9.17, 15) is 9.59 Å². The maximum absolute atomic E-state index is 13.4. The van der Waals surface area contributed by atoms with Crippen molar-refractivity contribution in [1.29, 1.82) is 0 Å². The highest BCUT2D eigenvalue weighted by Gasteiger charge is 2.40. The zero-order valence-corrected chi connectivity index (χ0v) is 18.8. The van der Waals surface area contributed by atoms with Gasteiger partial charge in [-0.3, -0.25) is 14.5 Å². The Morgan fingerprint density at radius 3 is 2.48 bits per heavy atom. The lowest BCUT2D eigenvalue weighted by Crippen LogP contribution is -2.34. The fraction of sp³-hybridized carbons (Fsp3) is 0.360. The van der Waals surface area contributed by atoms with Gasteiger partial charge in [0.25, 0.3) is 11.8 Å². The number of benzene rings is 2. The number of ether oxygens (including phenoxy) is 2. The summed E-state index contributed by atoms with van der Waals surface area (Å²) in [6, 6.07) is 13.2. The van der Waals surface area contributed by atoms with Crippen LogP contribution in [0.15, 0.2) is 48.2 Å². The first-order valence-corrected chi connectivity index (χ1v) is 10.5. The molecule has 0 atom stereocenters. The van der Waals surface area contributed by atoms with Crippen molar-refractivity contribution < 1.29 is 19.1 Å². The van der Waals surface area contributed by atoms with E-state index in [-0.39, 0.29) is 23.6 Å². The summed E-state index contributed by atoms with van der Waals surface area (Å²) >= 11 is 0. The third-order valence-electron chi connectivity index (χ3n) is 5.17. The summed E-state index contributed by atoms with van der Waals surface area (Å²) in [5.41, 5.74) is 4.04. The number of hydrogen-bond donors (Lipinski definition) is 1. The molecule has 3 rings (SSSR count). The second-order valence-corrected chi connectivity index (χ2v) is 7.93. The summed E-state index contributed by atoms with van der Waals surface area (Å²) < 4.78 is 11.1. The normalized spacial score (nSPS) is 14.1. The average Bonchev–Trinajstić information content (AvgIpc) is 2.97. The molecule has 0 aromatic heterocycles. The maximum atomic E-state index is 13.4. The van der Waals surface area contributed by atoms with Gasteiger partial charge in [-0.2, -0.15) is 0 Å². The van der Waals surface area contributed by atoms with Crippen molar-refractivity contribution in [2.75, 3.05) is 25.6 Å². The molecule has 1 heterocycles. The van der Waals surface area contributed by atoms with Gasteiger partial charge in [0, 0.05) is 24.4 Å². The van der Waals surface area contributed by atoms with Gasteiger partial charge in [-0.05, 0) is 57.4 Å². The Morgan fingerprint density at radius 1 is 1.03 bits per heavy atom. The third-order valence-corrected chi connectivity index (χ3v) is 5.17. The van der Waals surface area contributed by atoms with Crippen LogP contribution in [0.4, 0.5) is 5.69 Å². The first-order chi connectivity index (χ1) is 14.8. The maximum Gasteiger partial charge on any atom is 0.278 e. The topological polar surface area (TPSA) is 67.9 Å². The molecule has 164 valence electrons. The van der Waals surface area contributed by atoms with Gasteiger partial charge in [0.1, 0.15) is 11.4 Å². The summed E-state index contributed by atoms with van der Waals surface area (Å²) in [4.78, 5) is 28.0. The van der Waals surface area contributed by atoms with Gasteiger partial charge < -0.3 is 14.8 Å². The van der Waals surface area contributed by atoms with E-state index in [1.165, 1.54) is 4.90 Å². The van der Waals surface area contributed by atoms with Crippen molar-refractivity contribution in [3.63, 3.8) is 0 Å². The number of amides is 2. The number of nitrogens with one attached hydrogen (secondary N) is 1. The summed E-state index contributed by atoms with van der Waals surface area (Å²) in [5, 5.41) is 3.25. The Balaban J connectivity index is 1.99. The molecule has 31 heavy (non-hydrogen) atoms. The molecular weight excluding hydrogens is 392 g/mol. The number of methoxy groups -OCH3 is 1. The fourth-order valence-corrected chi connectivity index (χ4v) is 3.54. The van der Waals surface area contributed by atoms with Gasteiger partial charge in [-0.1, -0.05) is 30.3 Å². The number of aryl methyl sites for hydroxylation is 2. The molecule has 2 aromatic rings. The lowest BCUT2D eigenvalue weighted by atomic mass is 10.0. The Kier molecular flexibility index (Phi) is 7.13. The SMILES string of the molecule is COc1ccccc1C1=C(Nc2cc(C)ccc2C)C(=O)N(CCCOC(C)C)C1=O. The number of hydrogen-bond acceptors (Lipinski definition) is 5. The van der Waals surface area contributed by atoms with E-state index in [1.807, 2.05) is 58.0 Å². The van der Waals surface area contributed by atoms with Crippen LogP contribution >= 0.6 is 0 Å². The van der Waals surface area contributed by atoms with E-state index >= 15 is 0 Å². The van der Waals surface area contributed by atoms with Gasteiger partial charge >= 0.3 is 0 Å². The molecule has 1 N–H and O–H groups in total. The summed E-state index contributed by atoms with van der Waals surface area (Å²) in [5.74, 6) is -0.118. The van der Waals surface area contributed by atoms with E-state index in [1.54, 1.807) is 19.2 Å². The monoisotopic (exact) mass is 422 g/mol. The zero-order chi connectivity index (χ0) is 22.5. The van der Waals surface area contributed by atoms with Crippen molar-refractivity contribution in [1.82, 2.24) is 4.90 Å². The second kappa shape index (κ2) is 9.79. The minimum absolute atomic E-state index is 0.105. The lowest BCUT2D eigenvalue weighted by molar-refractivity contribution is -0.137. The van der Waals surface area contributed by atoms with Crippen LogP contribution in [0.5, 0.6) is 5.75 Å². The molecule has 6 nitrogen and oxygen atoms in total. The van der Waals surface area contributed by atoms with Gasteiger partial charge in [0.05, 0.1) is 18.8 Å². The van der Waals surface area contributed by atoms with Gasteiger partial charge in [0.2, 0.25) is 0 Å². The molecule has 0 unspecified atom stereocenters. The van der Waals surface area contributed by atoms with E-state index < -0.39 is 0 Å². The van der Waals surface area contributed by atoms with Crippen molar-refractivity contribution >= 4 is 23.1 Å². The number of carbonyl (C=O) groups is 2. The Bertz CT molecular complexity index is 1010.